The summed E-state index contributed by atoms with van der Waals surface area (Å²) in [5.41, 5.74) is 2.02. The molecule has 2 bridgehead atoms. The van der Waals surface area contributed by atoms with Crippen LogP contribution in [-0.2, 0) is 17.9 Å². The average molecular weight is 412 g/mol. The Balaban J connectivity index is 1.28. The van der Waals surface area contributed by atoms with Crippen LogP contribution in [0.2, 0.25) is 0 Å². The summed E-state index contributed by atoms with van der Waals surface area (Å²) in [5, 5.41) is 9.20. The molecule has 30 heavy (non-hydrogen) atoms. The lowest BCUT2D eigenvalue weighted by Crippen LogP contribution is -2.50. The molecule has 2 fully saturated rings. The Morgan fingerprint density at radius 1 is 1.17 bits per heavy atom. The molecule has 2 atom stereocenters. The summed E-state index contributed by atoms with van der Waals surface area (Å²) < 4.78 is 1.95. The summed E-state index contributed by atoms with van der Waals surface area (Å²) in [7, 11) is 0. The Kier molecular flexibility index (Phi) is 5.20. The van der Waals surface area contributed by atoms with Crippen molar-refractivity contribution >= 4 is 5.91 Å². The number of hydrogen-bond donors (Lipinski definition) is 2. The molecular formula is C22H29N5O3. The number of imidazole rings is 1. The maximum absolute atomic E-state index is 13.2. The van der Waals surface area contributed by atoms with Crippen LogP contribution < -0.4 is 5.56 Å². The van der Waals surface area contributed by atoms with Crippen molar-refractivity contribution in [2.45, 2.75) is 44.2 Å². The number of carbonyl (C=O) groups is 1. The van der Waals surface area contributed by atoms with Gasteiger partial charge in [0.2, 0.25) is 5.91 Å². The quantitative estimate of drug-likeness (QED) is 0.779. The number of aromatic amines is 1. The Morgan fingerprint density at radius 2 is 2.00 bits per heavy atom. The van der Waals surface area contributed by atoms with Gasteiger partial charge >= 0.3 is 0 Å². The highest BCUT2D eigenvalue weighted by molar-refractivity contribution is 5.77. The number of hydrogen-bond acceptors (Lipinski definition) is 5. The maximum atomic E-state index is 13.2. The molecule has 0 aromatic carbocycles. The van der Waals surface area contributed by atoms with E-state index >= 15 is 0 Å². The van der Waals surface area contributed by atoms with Crippen LogP contribution in [0.15, 0.2) is 29.3 Å². The summed E-state index contributed by atoms with van der Waals surface area (Å²) in [6.45, 7) is 4.07. The number of fused-ring (bicyclic) bond motifs is 4. The number of aliphatic hydroxyl groups excluding tert-OH is 1. The fourth-order valence-electron chi connectivity index (χ4n) is 5.52. The van der Waals surface area contributed by atoms with Gasteiger partial charge in [-0.05, 0) is 44.3 Å². The van der Waals surface area contributed by atoms with E-state index in [0.29, 0.717) is 32.1 Å². The number of nitrogens with one attached hydrogen (secondary N) is 1. The van der Waals surface area contributed by atoms with Crippen LogP contribution in [0, 0.1) is 5.92 Å². The highest BCUT2D eigenvalue weighted by Gasteiger charge is 2.36. The first-order chi connectivity index (χ1) is 14.6. The fourth-order valence-corrected chi connectivity index (χ4v) is 5.52. The molecule has 0 aliphatic carbocycles. The molecule has 8 heteroatoms. The number of carbonyl (C=O) groups excluding carboxylic acids is 1. The average Bonchev–Trinajstić information content (AvgIpc) is 3.31. The number of aliphatic hydroxyl groups is 1. The molecule has 8 nitrogen and oxygen atoms in total. The topological polar surface area (TPSA) is 94.5 Å². The van der Waals surface area contributed by atoms with Crippen molar-refractivity contribution in [1.82, 2.24) is 24.3 Å². The number of aromatic nitrogens is 3. The van der Waals surface area contributed by atoms with Crippen molar-refractivity contribution in [3.63, 3.8) is 0 Å². The lowest BCUT2D eigenvalue weighted by Gasteiger charge is -2.42. The molecule has 5 rings (SSSR count). The number of rotatable bonds is 4. The second-order valence-corrected chi connectivity index (χ2v) is 8.98. The molecule has 2 aromatic heterocycles. The molecule has 0 unspecified atom stereocenters. The first-order valence-electron chi connectivity index (χ1n) is 10.9. The first-order valence-corrected chi connectivity index (χ1v) is 10.9. The number of pyridine rings is 1. The third-order valence-corrected chi connectivity index (χ3v) is 7.06. The van der Waals surface area contributed by atoms with E-state index in [0.717, 1.165) is 49.4 Å². The van der Waals surface area contributed by atoms with Gasteiger partial charge in [-0.15, -0.1) is 0 Å². The summed E-state index contributed by atoms with van der Waals surface area (Å²) in [4.78, 5) is 36.9. The van der Waals surface area contributed by atoms with Crippen LogP contribution in [0.4, 0.5) is 0 Å². The Morgan fingerprint density at radius 3 is 2.73 bits per heavy atom. The molecule has 5 heterocycles. The monoisotopic (exact) mass is 411 g/mol. The summed E-state index contributed by atoms with van der Waals surface area (Å²) in [5.74, 6) is 1.80. The van der Waals surface area contributed by atoms with Gasteiger partial charge in [-0.1, -0.05) is 6.07 Å². The zero-order valence-electron chi connectivity index (χ0n) is 17.2. The molecule has 0 radical (unpaired) electrons. The highest BCUT2D eigenvalue weighted by atomic mass is 16.3. The normalized spacial score (nSPS) is 24.6. The van der Waals surface area contributed by atoms with E-state index in [1.54, 1.807) is 4.90 Å². The summed E-state index contributed by atoms with van der Waals surface area (Å²) in [6, 6.07) is 4.07. The van der Waals surface area contributed by atoms with E-state index in [9.17, 15) is 14.7 Å². The van der Waals surface area contributed by atoms with Crippen LogP contribution in [0.1, 0.15) is 48.2 Å². The summed E-state index contributed by atoms with van der Waals surface area (Å²) in [6.07, 6.45) is 6.81. The Labute approximate surface area is 175 Å². The number of likely N-dealkylation sites (tertiary alicyclic amines) is 2. The molecule has 3 aliphatic rings. The third kappa shape index (κ3) is 3.58. The fraction of sp³-hybridized carbons (Fsp3) is 0.591. The van der Waals surface area contributed by atoms with Gasteiger partial charge in [0.25, 0.3) is 5.56 Å². The minimum Gasteiger partial charge on any atom is -0.387 e. The molecule has 160 valence electrons. The molecule has 2 aromatic rings. The van der Waals surface area contributed by atoms with E-state index in [1.165, 1.54) is 0 Å². The predicted molar refractivity (Wildman–Crippen MR) is 111 cm³/mol. The van der Waals surface area contributed by atoms with Gasteiger partial charge in [-0.25, -0.2) is 4.98 Å². The van der Waals surface area contributed by atoms with Gasteiger partial charge < -0.3 is 19.6 Å². The molecule has 0 spiro atoms. The number of amides is 1. The maximum Gasteiger partial charge on any atom is 0.255 e. The molecule has 1 amide bonds. The largest absolute Gasteiger partial charge is 0.387 e. The molecule has 0 saturated carbocycles. The second kappa shape index (κ2) is 8.00. The molecule has 3 aliphatic heterocycles. The van der Waals surface area contributed by atoms with Crippen molar-refractivity contribution < 1.29 is 9.90 Å². The van der Waals surface area contributed by atoms with Gasteiger partial charge in [0.15, 0.2) is 0 Å². The van der Waals surface area contributed by atoms with E-state index in [1.807, 2.05) is 23.0 Å². The number of nitrogens with zero attached hydrogens (tertiary/aromatic N) is 4. The van der Waals surface area contributed by atoms with Crippen molar-refractivity contribution in [2.75, 3.05) is 32.8 Å². The second-order valence-electron chi connectivity index (χ2n) is 8.98. The van der Waals surface area contributed by atoms with E-state index in [4.69, 9.17) is 0 Å². The van der Waals surface area contributed by atoms with Gasteiger partial charge in [-0.3, -0.25) is 14.5 Å². The molecule has 2 saturated heterocycles. The van der Waals surface area contributed by atoms with Crippen molar-refractivity contribution in [3.05, 3.63) is 52.0 Å². The van der Waals surface area contributed by atoms with Crippen molar-refractivity contribution in [3.8, 4) is 0 Å². The first kappa shape index (κ1) is 19.5. The zero-order valence-corrected chi connectivity index (χ0v) is 17.2. The van der Waals surface area contributed by atoms with Crippen molar-refractivity contribution in [1.29, 1.82) is 0 Å². The minimum atomic E-state index is -0.443. The van der Waals surface area contributed by atoms with Crippen LogP contribution in [0.3, 0.4) is 0 Å². The van der Waals surface area contributed by atoms with Gasteiger partial charge in [0.1, 0.15) is 12.4 Å². The van der Waals surface area contributed by atoms with Crippen LogP contribution in [0.25, 0.3) is 0 Å². The van der Waals surface area contributed by atoms with Gasteiger partial charge in [0.05, 0.1) is 0 Å². The minimum absolute atomic E-state index is 0.122. The third-order valence-electron chi connectivity index (χ3n) is 7.06. The van der Waals surface area contributed by atoms with Gasteiger partial charge in [-0.2, -0.15) is 0 Å². The SMILES string of the molecule is O=C(CO)N1C[C@@H]2C[C@H](C1)c1ccc(CN3CCC(c4ncc[nH]4)CC3)c(=O)n1C2. The predicted octanol–water partition coefficient (Wildman–Crippen LogP) is 0.889. The van der Waals surface area contributed by atoms with Crippen LogP contribution in [-0.4, -0.2) is 68.1 Å². The number of H-pyrrole nitrogens is 1. The lowest BCUT2D eigenvalue weighted by atomic mass is 9.83. The Bertz CT molecular complexity index is 962. The summed E-state index contributed by atoms with van der Waals surface area (Å²) >= 11 is 0. The van der Waals surface area contributed by atoms with E-state index in [-0.39, 0.29) is 23.3 Å². The standard InChI is InChI=1S/C22H29N5O3/c28-14-20(29)26-10-15-9-18(13-26)19-2-1-17(22(30)27(19)11-15)12-25-7-3-16(4-8-25)21-23-5-6-24-21/h1-2,5-6,15-16,18,28H,3-4,7-14H2,(H,23,24)/t15-,18+/m0/s1. The van der Waals surface area contributed by atoms with E-state index in [2.05, 4.69) is 20.9 Å². The molecule has 2 N–H and O–H groups in total. The van der Waals surface area contributed by atoms with Crippen molar-refractivity contribution in [2.24, 2.45) is 5.92 Å². The smallest absolute Gasteiger partial charge is 0.255 e. The highest BCUT2D eigenvalue weighted by Crippen LogP contribution is 2.35. The van der Waals surface area contributed by atoms with E-state index < -0.39 is 6.61 Å². The lowest BCUT2D eigenvalue weighted by molar-refractivity contribution is -0.136. The Hall–Kier alpha value is -2.45. The number of piperidine rings is 2. The molecular weight excluding hydrogens is 382 g/mol. The van der Waals surface area contributed by atoms with Crippen LogP contribution in [0.5, 0.6) is 0 Å². The zero-order chi connectivity index (χ0) is 20.7. The van der Waals surface area contributed by atoms with Gasteiger partial charge in [0, 0.05) is 61.7 Å². The van der Waals surface area contributed by atoms with Crippen LogP contribution >= 0.6 is 0 Å².